The van der Waals surface area contributed by atoms with Crippen LogP contribution in [-0.2, 0) is 6.42 Å². The van der Waals surface area contributed by atoms with E-state index in [-0.39, 0.29) is 0 Å². The van der Waals surface area contributed by atoms with Crippen molar-refractivity contribution in [2.45, 2.75) is 26.4 Å². The van der Waals surface area contributed by atoms with Gasteiger partial charge in [0.15, 0.2) is 0 Å². The van der Waals surface area contributed by atoms with Crippen LogP contribution in [0.5, 0.6) is 0 Å². The highest BCUT2D eigenvalue weighted by molar-refractivity contribution is 6.31. The van der Waals surface area contributed by atoms with Gasteiger partial charge in [0.05, 0.1) is 6.10 Å². The first-order valence-electron chi connectivity index (χ1n) is 6.60. The molecule has 2 aromatic rings. The molecule has 0 saturated heterocycles. The molecule has 0 amide bonds. The van der Waals surface area contributed by atoms with Crippen LogP contribution >= 0.6 is 11.6 Å². The summed E-state index contributed by atoms with van der Waals surface area (Å²) < 4.78 is 0. The smallest absolute Gasteiger partial charge is 0.132 e. The zero-order chi connectivity index (χ0) is 14.5. The second-order valence-corrected chi connectivity index (χ2v) is 4.97. The summed E-state index contributed by atoms with van der Waals surface area (Å²) in [4.78, 5) is 8.54. The predicted octanol–water partition coefficient (Wildman–Crippen LogP) is 3.15. The molecule has 1 heterocycles. The van der Waals surface area contributed by atoms with E-state index in [0.29, 0.717) is 23.0 Å². The molecule has 0 bridgehead atoms. The molecule has 0 saturated carbocycles. The number of hydrogen-bond acceptors (Lipinski definition) is 4. The summed E-state index contributed by atoms with van der Waals surface area (Å²) in [5.74, 6) is 1.48. The van der Waals surface area contributed by atoms with E-state index >= 15 is 0 Å². The Balaban J connectivity index is 2.09. The van der Waals surface area contributed by atoms with Gasteiger partial charge in [-0.2, -0.15) is 0 Å². The molecular formula is C15H18ClN3O. The molecular weight excluding hydrogens is 274 g/mol. The normalized spacial score (nSPS) is 12.2. The van der Waals surface area contributed by atoms with Crippen LogP contribution in [0.25, 0.3) is 0 Å². The second kappa shape index (κ2) is 6.68. The molecule has 0 unspecified atom stereocenters. The first-order valence-corrected chi connectivity index (χ1v) is 6.98. The van der Waals surface area contributed by atoms with Gasteiger partial charge in [-0.1, -0.05) is 36.7 Å². The fourth-order valence-corrected chi connectivity index (χ4v) is 2.22. The van der Waals surface area contributed by atoms with Crippen molar-refractivity contribution in [2.75, 3.05) is 11.9 Å². The van der Waals surface area contributed by atoms with Crippen molar-refractivity contribution < 1.29 is 5.11 Å². The summed E-state index contributed by atoms with van der Waals surface area (Å²) in [5.41, 5.74) is 1.74. The number of nitrogens with zero attached hydrogens (tertiary/aromatic N) is 2. The Kier molecular flexibility index (Phi) is 4.93. The summed E-state index contributed by atoms with van der Waals surface area (Å²) in [5, 5.41) is 13.9. The first kappa shape index (κ1) is 14.8. The van der Waals surface area contributed by atoms with Crippen LogP contribution < -0.4 is 5.32 Å². The van der Waals surface area contributed by atoms with E-state index in [1.165, 1.54) is 0 Å². The first-order chi connectivity index (χ1) is 9.61. The van der Waals surface area contributed by atoms with E-state index in [1.807, 2.05) is 38.2 Å². The van der Waals surface area contributed by atoms with Crippen LogP contribution in [0.1, 0.15) is 30.0 Å². The topological polar surface area (TPSA) is 58.0 Å². The lowest BCUT2D eigenvalue weighted by atomic mass is 10.1. The molecule has 5 heteroatoms. The van der Waals surface area contributed by atoms with Gasteiger partial charge in [-0.15, -0.1) is 0 Å². The van der Waals surface area contributed by atoms with Gasteiger partial charge in [0, 0.05) is 28.9 Å². The standard InChI is InChI=1S/C15H18ClN3O/c1-3-11-8-17-10(2)19-15(11)18-9-14(20)12-6-4-5-7-13(12)16/h4-8,14,20H,3,9H2,1-2H3,(H,17,18,19)/t14-/m1/s1. The lowest BCUT2D eigenvalue weighted by Gasteiger charge is -2.15. The largest absolute Gasteiger partial charge is 0.387 e. The summed E-state index contributed by atoms with van der Waals surface area (Å²) in [6.07, 6.45) is 1.97. The van der Waals surface area contributed by atoms with Crippen molar-refractivity contribution in [3.63, 3.8) is 0 Å². The summed E-state index contributed by atoms with van der Waals surface area (Å²) in [6.45, 7) is 4.24. The molecule has 1 aromatic heterocycles. The minimum atomic E-state index is -0.677. The Labute approximate surface area is 123 Å². The van der Waals surface area contributed by atoms with E-state index in [1.54, 1.807) is 6.07 Å². The number of halogens is 1. The maximum absolute atomic E-state index is 10.2. The lowest BCUT2D eigenvalue weighted by Crippen LogP contribution is -2.15. The number of hydrogen-bond donors (Lipinski definition) is 2. The molecule has 1 atom stereocenters. The maximum Gasteiger partial charge on any atom is 0.132 e. The van der Waals surface area contributed by atoms with Crippen LogP contribution in [-0.4, -0.2) is 21.6 Å². The van der Waals surface area contributed by atoms with Gasteiger partial charge in [-0.25, -0.2) is 9.97 Å². The van der Waals surface area contributed by atoms with Crippen molar-refractivity contribution in [1.29, 1.82) is 0 Å². The van der Waals surface area contributed by atoms with Gasteiger partial charge in [0.25, 0.3) is 0 Å². The third-order valence-electron chi connectivity index (χ3n) is 3.09. The minimum absolute atomic E-state index is 0.354. The molecule has 1 aromatic carbocycles. The molecule has 0 aliphatic heterocycles. The predicted molar refractivity (Wildman–Crippen MR) is 81.0 cm³/mol. The second-order valence-electron chi connectivity index (χ2n) is 4.56. The average molecular weight is 292 g/mol. The fraction of sp³-hybridized carbons (Fsp3) is 0.333. The molecule has 4 nitrogen and oxygen atoms in total. The van der Waals surface area contributed by atoms with Crippen molar-refractivity contribution in [3.05, 3.63) is 52.4 Å². The van der Waals surface area contributed by atoms with Gasteiger partial charge in [0.1, 0.15) is 11.6 Å². The summed E-state index contributed by atoms with van der Waals surface area (Å²) >= 11 is 6.07. The Bertz CT molecular complexity index is 589. The molecule has 106 valence electrons. The van der Waals surface area contributed by atoms with Gasteiger partial charge in [-0.05, 0) is 19.4 Å². The van der Waals surface area contributed by atoms with Crippen LogP contribution in [0.15, 0.2) is 30.5 Å². The molecule has 20 heavy (non-hydrogen) atoms. The third kappa shape index (κ3) is 3.46. The van der Waals surface area contributed by atoms with Gasteiger partial charge >= 0.3 is 0 Å². The molecule has 0 fully saturated rings. The van der Waals surface area contributed by atoms with Crippen LogP contribution in [0.4, 0.5) is 5.82 Å². The average Bonchev–Trinajstić information content (AvgIpc) is 2.45. The van der Waals surface area contributed by atoms with Gasteiger partial charge < -0.3 is 10.4 Å². The molecule has 2 N–H and O–H groups in total. The number of anilines is 1. The Hall–Kier alpha value is -1.65. The van der Waals surface area contributed by atoms with Gasteiger partial charge in [0.2, 0.25) is 0 Å². The number of aliphatic hydroxyl groups is 1. The van der Waals surface area contributed by atoms with Crippen molar-refractivity contribution in [3.8, 4) is 0 Å². The van der Waals surface area contributed by atoms with E-state index in [9.17, 15) is 5.11 Å². The summed E-state index contributed by atoms with van der Waals surface area (Å²) in [6, 6.07) is 7.29. The van der Waals surface area contributed by atoms with Crippen molar-refractivity contribution in [1.82, 2.24) is 9.97 Å². The van der Waals surface area contributed by atoms with Crippen LogP contribution in [0, 0.1) is 6.92 Å². The van der Waals surface area contributed by atoms with Crippen LogP contribution in [0.3, 0.4) is 0 Å². The van der Waals surface area contributed by atoms with Crippen molar-refractivity contribution in [2.24, 2.45) is 0 Å². The lowest BCUT2D eigenvalue weighted by molar-refractivity contribution is 0.191. The number of aliphatic hydroxyl groups excluding tert-OH is 1. The molecule has 0 spiro atoms. The number of aromatic nitrogens is 2. The van der Waals surface area contributed by atoms with Gasteiger partial charge in [-0.3, -0.25) is 0 Å². The molecule has 0 aliphatic rings. The monoisotopic (exact) mass is 291 g/mol. The summed E-state index contributed by atoms with van der Waals surface area (Å²) in [7, 11) is 0. The third-order valence-corrected chi connectivity index (χ3v) is 3.44. The minimum Gasteiger partial charge on any atom is -0.387 e. The highest BCUT2D eigenvalue weighted by Gasteiger charge is 2.12. The Morgan fingerprint density at radius 2 is 2.10 bits per heavy atom. The van der Waals surface area contributed by atoms with E-state index in [4.69, 9.17) is 11.6 Å². The van der Waals surface area contributed by atoms with Crippen LogP contribution in [0.2, 0.25) is 5.02 Å². The highest BCUT2D eigenvalue weighted by atomic mass is 35.5. The molecule has 0 aliphatic carbocycles. The fourth-order valence-electron chi connectivity index (χ4n) is 1.96. The van der Waals surface area contributed by atoms with E-state index in [0.717, 1.165) is 17.8 Å². The Morgan fingerprint density at radius 3 is 2.80 bits per heavy atom. The number of aryl methyl sites for hydroxylation is 2. The molecule has 0 radical (unpaired) electrons. The molecule has 2 rings (SSSR count). The van der Waals surface area contributed by atoms with E-state index in [2.05, 4.69) is 15.3 Å². The zero-order valence-electron chi connectivity index (χ0n) is 11.6. The Morgan fingerprint density at radius 1 is 1.35 bits per heavy atom. The van der Waals surface area contributed by atoms with E-state index < -0.39 is 6.10 Å². The van der Waals surface area contributed by atoms with Crippen molar-refractivity contribution >= 4 is 17.4 Å². The highest BCUT2D eigenvalue weighted by Crippen LogP contribution is 2.23. The SMILES string of the molecule is CCc1cnc(C)nc1NC[C@@H](O)c1ccccc1Cl. The quantitative estimate of drug-likeness (QED) is 0.888. The number of rotatable bonds is 5. The maximum atomic E-state index is 10.2. The number of nitrogens with one attached hydrogen (secondary N) is 1. The zero-order valence-corrected chi connectivity index (χ0v) is 12.4. The number of benzene rings is 1.